The summed E-state index contributed by atoms with van der Waals surface area (Å²) >= 11 is 0. The molecule has 0 saturated heterocycles. The average Bonchev–Trinajstić information content (AvgIpc) is 3.00. The smallest absolute Gasteiger partial charge is 0.337 e. The first-order valence-electron chi connectivity index (χ1n) is 6.34. The number of imidazole rings is 1. The molecule has 6 heteroatoms. The van der Waals surface area contributed by atoms with Crippen molar-refractivity contribution in [2.75, 3.05) is 0 Å². The lowest BCUT2D eigenvalue weighted by molar-refractivity contribution is 0.0698. The van der Waals surface area contributed by atoms with E-state index in [9.17, 15) is 9.90 Å². The van der Waals surface area contributed by atoms with Gasteiger partial charge in [0.25, 0.3) is 0 Å². The van der Waals surface area contributed by atoms with Gasteiger partial charge in [-0.05, 0) is 12.1 Å². The number of carbonyl (C=O) groups is 1. The monoisotopic (exact) mass is 270 g/mol. The summed E-state index contributed by atoms with van der Waals surface area (Å²) in [4.78, 5) is 16.0. The lowest BCUT2D eigenvalue weighted by Crippen LogP contribution is -2.04. The lowest BCUT2D eigenvalue weighted by Gasteiger charge is -2.06. The molecule has 102 valence electrons. The number of fused-ring (bicyclic) bond motifs is 1. The summed E-state index contributed by atoms with van der Waals surface area (Å²) in [5.74, 6) is -0.134. The molecule has 0 radical (unpaired) electrons. The summed E-state index contributed by atoms with van der Waals surface area (Å²) in [5, 5.41) is 13.5. The zero-order valence-electron chi connectivity index (χ0n) is 11.2. The molecule has 0 aliphatic rings. The number of aromatic nitrogens is 4. The third-order valence-electron chi connectivity index (χ3n) is 3.24. The van der Waals surface area contributed by atoms with Gasteiger partial charge in [-0.15, -0.1) is 0 Å². The van der Waals surface area contributed by atoms with Crippen LogP contribution in [0.3, 0.4) is 0 Å². The molecule has 2 aromatic heterocycles. The van der Waals surface area contributed by atoms with Crippen molar-refractivity contribution in [1.82, 2.24) is 19.3 Å². The Morgan fingerprint density at radius 1 is 1.40 bits per heavy atom. The van der Waals surface area contributed by atoms with Gasteiger partial charge >= 0.3 is 5.97 Å². The molecule has 0 aliphatic heterocycles. The van der Waals surface area contributed by atoms with E-state index in [1.165, 1.54) is 0 Å². The SMILES string of the molecule is CCc1nc2cccc(C(=O)O)c2n1-c1cnn(C)c1. The molecule has 0 bridgehead atoms. The fourth-order valence-corrected chi connectivity index (χ4v) is 2.39. The molecule has 0 fully saturated rings. The molecule has 0 saturated carbocycles. The fourth-order valence-electron chi connectivity index (χ4n) is 2.39. The van der Waals surface area contributed by atoms with Crippen LogP contribution >= 0.6 is 0 Å². The highest BCUT2D eigenvalue weighted by molar-refractivity contribution is 6.01. The number of hydrogen-bond acceptors (Lipinski definition) is 3. The summed E-state index contributed by atoms with van der Waals surface area (Å²) in [7, 11) is 1.83. The van der Waals surface area contributed by atoms with Gasteiger partial charge in [-0.2, -0.15) is 5.10 Å². The predicted octanol–water partition coefficient (Wildman–Crippen LogP) is 2.02. The van der Waals surface area contributed by atoms with Crippen LogP contribution in [0.15, 0.2) is 30.6 Å². The number of rotatable bonds is 3. The van der Waals surface area contributed by atoms with Crippen LogP contribution in [-0.4, -0.2) is 30.4 Å². The van der Waals surface area contributed by atoms with Gasteiger partial charge in [0.2, 0.25) is 0 Å². The van der Waals surface area contributed by atoms with Gasteiger partial charge in [0.1, 0.15) is 5.82 Å². The van der Waals surface area contributed by atoms with E-state index in [2.05, 4.69) is 10.1 Å². The highest BCUT2D eigenvalue weighted by Gasteiger charge is 2.18. The minimum Gasteiger partial charge on any atom is -0.478 e. The number of hydrogen-bond donors (Lipinski definition) is 1. The van der Waals surface area contributed by atoms with Gasteiger partial charge in [-0.25, -0.2) is 9.78 Å². The Bertz CT molecular complexity index is 801. The number of aromatic carboxylic acids is 1. The highest BCUT2D eigenvalue weighted by atomic mass is 16.4. The molecule has 0 unspecified atom stereocenters. The molecular weight excluding hydrogens is 256 g/mol. The minimum atomic E-state index is -0.955. The normalized spacial score (nSPS) is 11.1. The third-order valence-corrected chi connectivity index (χ3v) is 3.24. The molecule has 3 rings (SSSR count). The molecule has 0 spiro atoms. The van der Waals surface area contributed by atoms with E-state index in [0.717, 1.165) is 11.5 Å². The van der Waals surface area contributed by atoms with Crippen LogP contribution in [0.1, 0.15) is 23.1 Å². The quantitative estimate of drug-likeness (QED) is 0.790. The van der Waals surface area contributed by atoms with Crippen molar-refractivity contribution in [2.45, 2.75) is 13.3 Å². The van der Waals surface area contributed by atoms with Crippen LogP contribution < -0.4 is 0 Å². The zero-order valence-corrected chi connectivity index (χ0v) is 11.2. The number of para-hydroxylation sites is 1. The van der Waals surface area contributed by atoms with Crippen LogP contribution in [-0.2, 0) is 13.5 Å². The predicted molar refractivity (Wildman–Crippen MR) is 74.2 cm³/mol. The standard InChI is InChI=1S/C14H14N4O2/c1-3-12-16-11-6-4-5-10(14(19)20)13(11)18(12)9-7-15-17(2)8-9/h4-8H,3H2,1-2H3,(H,19,20). The molecule has 0 aliphatic carbocycles. The van der Waals surface area contributed by atoms with Crippen molar-refractivity contribution in [3.63, 3.8) is 0 Å². The third kappa shape index (κ3) is 1.77. The summed E-state index contributed by atoms with van der Waals surface area (Å²) in [5.41, 5.74) is 2.37. The van der Waals surface area contributed by atoms with Gasteiger partial charge in [-0.3, -0.25) is 9.25 Å². The van der Waals surface area contributed by atoms with Crippen LogP contribution in [0.5, 0.6) is 0 Å². The first-order valence-corrected chi connectivity index (χ1v) is 6.34. The van der Waals surface area contributed by atoms with Crippen molar-refractivity contribution < 1.29 is 9.90 Å². The largest absolute Gasteiger partial charge is 0.478 e. The second kappa shape index (κ2) is 4.48. The Balaban J connectivity index is 2.41. The zero-order chi connectivity index (χ0) is 14.3. The Hall–Kier alpha value is -2.63. The van der Waals surface area contributed by atoms with E-state index in [0.29, 0.717) is 17.5 Å². The second-order valence-electron chi connectivity index (χ2n) is 4.57. The molecule has 0 amide bonds. The summed E-state index contributed by atoms with van der Waals surface area (Å²) < 4.78 is 3.55. The van der Waals surface area contributed by atoms with E-state index in [1.54, 1.807) is 23.0 Å². The van der Waals surface area contributed by atoms with Crippen LogP contribution in [0.25, 0.3) is 16.7 Å². The average molecular weight is 270 g/mol. The summed E-state index contributed by atoms with van der Waals surface area (Å²) in [6.07, 6.45) is 4.26. The molecule has 6 nitrogen and oxygen atoms in total. The maximum absolute atomic E-state index is 11.4. The van der Waals surface area contributed by atoms with Crippen molar-refractivity contribution in [3.05, 3.63) is 42.0 Å². The van der Waals surface area contributed by atoms with E-state index in [4.69, 9.17) is 0 Å². The van der Waals surface area contributed by atoms with Crippen molar-refractivity contribution in [1.29, 1.82) is 0 Å². The Kier molecular flexibility index (Phi) is 2.78. The van der Waals surface area contributed by atoms with Crippen LogP contribution in [0.4, 0.5) is 0 Å². The molecule has 20 heavy (non-hydrogen) atoms. The number of benzene rings is 1. The molecule has 1 aromatic carbocycles. The summed E-state index contributed by atoms with van der Waals surface area (Å²) in [6.45, 7) is 1.99. The van der Waals surface area contributed by atoms with Gasteiger partial charge in [-0.1, -0.05) is 13.0 Å². The van der Waals surface area contributed by atoms with Crippen molar-refractivity contribution >= 4 is 17.0 Å². The molecular formula is C14H14N4O2. The number of carboxylic acid groups (broad SMARTS) is 1. The highest BCUT2D eigenvalue weighted by Crippen LogP contribution is 2.25. The summed E-state index contributed by atoms with van der Waals surface area (Å²) in [6, 6.07) is 5.14. The maximum atomic E-state index is 11.4. The number of aryl methyl sites for hydroxylation is 2. The molecule has 3 aromatic rings. The van der Waals surface area contributed by atoms with E-state index < -0.39 is 5.97 Å². The van der Waals surface area contributed by atoms with E-state index >= 15 is 0 Å². The Labute approximate surface area is 115 Å². The first-order chi connectivity index (χ1) is 9.61. The Morgan fingerprint density at radius 2 is 2.20 bits per heavy atom. The molecule has 2 heterocycles. The van der Waals surface area contributed by atoms with Crippen molar-refractivity contribution in [3.8, 4) is 5.69 Å². The van der Waals surface area contributed by atoms with Crippen molar-refractivity contribution in [2.24, 2.45) is 7.05 Å². The maximum Gasteiger partial charge on any atom is 0.337 e. The first kappa shape index (κ1) is 12.4. The van der Waals surface area contributed by atoms with Gasteiger partial charge in [0.05, 0.1) is 28.5 Å². The van der Waals surface area contributed by atoms with Crippen LogP contribution in [0.2, 0.25) is 0 Å². The van der Waals surface area contributed by atoms with Gasteiger partial charge in [0.15, 0.2) is 0 Å². The van der Waals surface area contributed by atoms with Crippen LogP contribution in [0, 0.1) is 0 Å². The number of nitrogens with zero attached hydrogens (tertiary/aromatic N) is 4. The fraction of sp³-hybridized carbons (Fsp3) is 0.214. The topological polar surface area (TPSA) is 72.9 Å². The second-order valence-corrected chi connectivity index (χ2v) is 4.57. The van der Waals surface area contributed by atoms with Gasteiger partial charge in [0, 0.05) is 19.7 Å². The molecule has 1 N–H and O–H groups in total. The van der Waals surface area contributed by atoms with E-state index in [-0.39, 0.29) is 5.56 Å². The minimum absolute atomic E-state index is 0.249. The van der Waals surface area contributed by atoms with E-state index in [1.807, 2.05) is 30.8 Å². The molecule has 0 atom stereocenters. The Morgan fingerprint density at radius 3 is 2.80 bits per heavy atom. The number of carboxylic acids is 1. The lowest BCUT2D eigenvalue weighted by atomic mass is 10.2. The van der Waals surface area contributed by atoms with Gasteiger partial charge < -0.3 is 5.11 Å².